The fraction of sp³-hybridized carbons (Fsp3) is 0.579. The number of carbonyl (C=O) groups is 2. The Balaban J connectivity index is 1.57. The van der Waals surface area contributed by atoms with Crippen LogP contribution in [0, 0.1) is 5.92 Å². The second-order valence-corrected chi connectivity index (χ2v) is 9.42. The van der Waals surface area contributed by atoms with Crippen molar-refractivity contribution in [2.45, 2.75) is 42.8 Å². The van der Waals surface area contributed by atoms with Gasteiger partial charge in [0.15, 0.2) is 0 Å². The number of nitrogens with zero attached hydrogens (tertiary/aromatic N) is 2. The summed E-state index contributed by atoms with van der Waals surface area (Å²) in [6.07, 6.45) is -4.71. The lowest BCUT2D eigenvalue weighted by atomic mass is 9.94. The number of sulfonamides is 1. The third-order valence-corrected chi connectivity index (χ3v) is 7.29. The number of carboxylic acid groups (broad SMARTS) is 1. The van der Waals surface area contributed by atoms with Gasteiger partial charge in [-0.15, -0.1) is 0 Å². The van der Waals surface area contributed by atoms with Gasteiger partial charge in [0, 0.05) is 38.1 Å². The molecule has 2 amide bonds. The molecule has 0 bridgehead atoms. The number of nitrogens with one attached hydrogen (secondary N) is 1. The minimum atomic E-state index is -4.80. The molecule has 1 aromatic rings. The summed E-state index contributed by atoms with van der Waals surface area (Å²) >= 11 is 0. The Hall–Kier alpha value is -2.34. The van der Waals surface area contributed by atoms with Crippen LogP contribution in [0.15, 0.2) is 29.2 Å². The molecular weight excluding hydrogens is 439 g/mol. The average Bonchev–Trinajstić information content (AvgIpc) is 2.73. The molecule has 1 N–H and O–H groups in total. The quantitative estimate of drug-likeness (QED) is 0.719. The van der Waals surface area contributed by atoms with Crippen LogP contribution in [0.4, 0.5) is 18.0 Å². The summed E-state index contributed by atoms with van der Waals surface area (Å²) in [7, 11) is -4.39. The lowest BCUT2D eigenvalue weighted by Crippen LogP contribution is -2.51. The van der Waals surface area contributed by atoms with E-state index in [1.165, 1.54) is 6.07 Å². The Morgan fingerprint density at radius 3 is 2.06 bits per heavy atom. The van der Waals surface area contributed by atoms with E-state index in [2.05, 4.69) is 4.72 Å². The maximum absolute atomic E-state index is 13.2. The second kappa shape index (κ2) is 9.03. The molecule has 0 radical (unpaired) electrons. The van der Waals surface area contributed by atoms with Gasteiger partial charge in [0.05, 0.1) is 10.5 Å². The van der Waals surface area contributed by atoms with Crippen molar-refractivity contribution in [2.75, 3.05) is 26.2 Å². The minimum Gasteiger partial charge on any atom is -0.530 e. The Labute approximate surface area is 178 Å². The molecule has 2 saturated heterocycles. The van der Waals surface area contributed by atoms with Crippen LogP contribution in [0.1, 0.15) is 31.2 Å². The molecule has 2 heterocycles. The number of benzene rings is 1. The molecule has 0 unspecified atom stereocenters. The smallest absolute Gasteiger partial charge is 0.417 e. The van der Waals surface area contributed by atoms with Gasteiger partial charge in [-0.3, -0.25) is 4.79 Å². The van der Waals surface area contributed by atoms with Crippen LogP contribution in [0.3, 0.4) is 0 Å². The zero-order chi connectivity index (χ0) is 22.8. The zero-order valence-corrected chi connectivity index (χ0v) is 17.4. The van der Waals surface area contributed by atoms with E-state index in [1.807, 2.05) is 0 Å². The Morgan fingerprint density at radius 2 is 1.52 bits per heavy atom. The highest BCUT2D eigenvalue weighted by molar-refractivity contribution is 7.89. The maximum atomic E-state index is 13.2. The van der Waals surface area contributed by atoms with Gasteiger partial charge >= 0.3 is 6.18 Å². The molecular formula is C19H23F3N3O5S-. The lowest BCUT2D eigenvalue weighted by Gasteiger charge is -2.38. The van der Waals surface area contributed by atoms with Gasteiger partial charge in [-0.05, 0) is 37.8 Å². The SMILES string of the molecule is O=C([O-])N1CCC(C(=O)N2CCC(NS(=O)(=O)c3ccccc3C(F)(F)F)CC2)CC1. The molecule has 31 heavy (non-hydrogen) atoms. The highest BCUT2D eigenvalue weighted by Gasteiger charge is 2.38. The molecule has 0 aromatic heterocycles. The van der Waals surface area contributed by atoms with E-state index in [0.717, 1.165) is 23.1 Å². The van der Waals surface area contributed by atoms with Gasteiger partial charge in [-0.1, -0.05) is 12.1 Å². The zero-order valence-electron chi connectivity index (χ0n) is 16.6. The molecule has 0 aliphatic carbocycles. The van der Waals surface area contributed by atoms with Crippen LogP contribution in [-0.4, -0.2) is 62.4 Å². The number of halogens is 3. The first-order valence-corrected chi connectivity index (χ1v) is 11.4. The van der Waals surface area contributed by atoms with Crippen LogP contribution in [0.5, 0.6) is 0 Å². The average molecular weight is 462 g/mol. The third kappa shape index (κ3) is 5.48. The van der Waals surface area contributed by atoms with E-state index in [0.29, 0.717) is 12.8 Å². The molecule has 0 saturated carbocycles. The van der Waals surface area contributed by atoms with E-state index in [9.17, 15) is 36.3 Å². The molecule has 0 atom stereocenters. The van der Waals surface area contributed by atoms with Crippen LogP contribution in [0.2, 0.25) is 0 Å². The van der Waals surface area contributed by atoms with Crippen molar-refractivity contribution in [3.63, 3.8) is 0 Å². The highest BCUT2D eigenvalue weighted by Crippen LogP contribution is 2.34. The summed E-state index contributed by atoms with van der Waals surface area (Å²) in [5, 5.41) is 10.9. The summed E-state index contributed by atoms with van der Waals surface area (Å²) < 4.78 is 67.0. The van der Waals surface area contributed by atoms with Crippen molar-refractivity contribution in [2.24, 2.45) is 5.92 Å². The summed E-state index contributed by atoms with van der Waals surface area (Å²) in [6, 6.07) is 3.42. The standard InChI is InChI=1S/C19H24F3N3O5S/c20-19(21,22)15-3-1-2-4-16(15)31(29,30)23-14-7-11-24(12-8-14)17(26)13-5-9-25(10-6-13)18(27)28/h1-4,13-14,23H,5-12H2,(H,27,28)/p-1. The molecule has 172 valence electrons. The van der Waals surface area contributed by atoms with Crippen LogP contribution >= 0.6 is 0 Å². The monoisotopic (exact) mass is 462 g/mol. The van der Waals surface area contributed by atoms with Crippen LogP contribution in [-0.2, 0) is 21.0 Å². The number of amides is 2. The van der Waals surface area contributed by atoms with Crippen molar-refractivity contribution >= 4 is 22.0 Å². The van der Waals surface area contributed by atoms with Crippen molar-refractivity contribution < 1.29 is 36.3 Å². The highest BCUT2D eigenvalue weighted by atomic mass is 32.2. The molecule has 3 rings (SSSR count). The summed E-state index contributed by atoms with van der Waals surface area (Å²) in [6.45, 7) is 1.00. The minimum absolute atomic E-state index is 0.110. The van der Waals surface area contributed by atoms with Crippen molar-refractivity contribution in [1.82, 2.24) is 14.5 Å². The summed E-state index contributed by atoms with van der Waals surface area (Å²) in [5.74, 6) is -0.413. The summed E-state index contributed by atoms with van der Waals surface area (Å²) in [5.41, 5.74) is -1.22. The van der Waals surface area contributed by atoms with E-state index in [1.54, 1.807) is 4.90 Å². The van der Waals surface area contributed by atoms with Gasteiger partial charge in [-0.25, -0.2) is 13.1 Å². The molecule has 2 fully saturated rings. The molecule has 2 aliphatic heterocycles. The number of carbonyl (C=O) groups excluding carboxylic acids is 2. The molecule has 2 aliphatic rings. The largest absolute Gasteiger partial charge is 0.530 e. The predicted octanol–water partition coefficient (Wildman–Crippen LogP) is 1.03. The van der Waals surface area contributed by atoms with Crippen molar-refractivity contribution in [3.05, 3.63) is 29.8 Å². The Bertz CT molecular complexity index is 922. The first kappa shape index (κ1) is 23.3. The van der Waals surface area contributed by atoms with Gasteiger partial charge < -0.3 is 19.7 Å². The van der Waals surface area contributed by atoms with Gasteiger partial charge in [0.2, 0.25) is 15.9 Å². The van der Waals surface area contributed by atoms with Gasteiger partial charge in [0.25, 0.3) is 0 Å². The Morgan fingerprint density at radius 1 is 0.968 bits per heavy atom. The molecule has 1 aromatic carbocycles. The van der Waals surface area contributed by atoms with Gasteiger partial charge in [0.1, 0.15) is 6.09 Å². The third-order valence-electron chi connectivity index (χ3n) is 5.71. The first-order valence-electron chi connectivity index (χ1n) is 9.92. The van der Waals surface area contributed by atoms with Gasteiger partial charge in [-0.2, -0.15) is 13.2 Å². The molecule has 8 nitrogen and oxygen atoms in total. The molecule has 12 heteroatoms. The molecule has 0 spiro atoms. The van der Waals surface area contributed by atoms with E-state index in [-0.39, 0.29) is 50.8 Å². The van der Waals surface area contributed by atoms with Crippen molar-refractivity contribution in [3.8, 4) is 0 Å². The first-order chi connectivity index (χ1) is 14.5. The maximum Gasteiger partial charge on any atom is 0.417 e. The number of hydrogen-bond acceptors (Lipinski definition) is 5. The van der Waals surface area contributed by atoms with E-state index >= 15 is 0 Å². The summed E-state index contributed by atoms with van der Waals surface area (Å²) in [4.78, 5) is 25.5. The number of piperidine rings is 2. The fourth-order valence-corrected chi connectivity index (χ4v) is 5.54. The Kier molecular flexibility index (Phi) is 6.79. The number of alkyl halides is 3. The fourth-order valence-electron chi connectivity index (χ4n) is 4.00. The van der Waals surface area contributed by atoms with Crippen molar-refractivity contribution in [1.29, 1.82) is 0 Å². The number of hydrogen-bond donors (Lipinski definition) is 1. The van der Waals surface area contributed by atoms with E-state index in [4.69, 9.17) is 0 Å². The number of rotatable bonds is 4. The van der Waals surface area contributed by atoms with Crippen LogP contribution < -0.4 is 9.83 Å². The second-order valence-electron chi connectivity index (χ2n) is 7.74. The predicted molar refractivity (Wildman–Crippen MR) is 101 cm³/mol. The lowest BCUT2D eigenvalue weighted by molar-refractivity contribution is -0.266. The normalized spacial score (nSPS) is 19.5. The topological polar surface area (TPSA) is 110 Å². The number of likely N-dealkylation sites (tertiary alicyclic amines) is 2. The van der Waals surface area contributed by atoms with Crippen LogP contribution in [0.25, 0.3) is 0 Å². The van der Waals surface area contributed by atoms with E-state index < -0.39 is 38.8 Å².